The number of amides is 1. The van der Waals surface area contributed by atoms with Crippen molar-refractivity contribution in [3.8, 4) is 0 Å². The summed E-state index contributed by atoms with van der Waals surface area (Å²) in [5.74, 6) is 0.707. The first-order chi connectivity index (χ1) is 15.4. The fraction of sp³-hybridized carbons (Fsp3) is 0.440. The molecule has 1 aromatic heterocycles. The summed E-state index contributed by atoms with van der Waals surface area (Å²) in [5.41, 5.74) is 3.42. The second-order valence-electron chi connectivity index (χ2n) is 7.88. The predicted molar refractivity (Wildman–Crippen MR) is 143 cm³/mol. The molecular formula is C25H33ClFN3OS2. The molecule has 1 heterocycles. The normalized spacial score (nSPS) is 11.1. The number of nitrogens with zero attached hydrogens (tertiary/aromatic N) is 3. The van der Waals surface area contributed by atoms with Gasteiger partial charge in [-0.3, -0.25) is 9.69 Å². The van der Waals surface area contributed by atoms with Crippen molar-refractivity contribution in [3.05, 3.63) is 53.3 Å². The molecule has 0 N–H and O–H groups in total. The standard InChI is InChI=1S/C25H32FN3OS2.ClH/c1-5-28(6-2)13-14-29(25-27-22-16-18(3)19(4)17-23(22)32-25)24(30)8-7-15-31-21-11-9-20(26)10-12-21;/h9-12,16-17H,5-8,13-15H2,1-4H3;1H. The number of thioether (sulfide) groups is 1. The number of hydrogen-bond acceptors (Lipinski definition) is 5. The number of hydrogen-bond donors (Lipinski definition) is 0. The number of carbonyl (C=O) groups is 1. The molecule has 1 amide bonds. The van der Waals surface area contributed by atoms with E-state index in [0.717, 1.165) is 52.1 Å². The van der Waals surface area contributed by atoms with Crippen molar-refractivity contribution in [2.45, 2.75) is 45.4 Å². The van der Waals surface area contributed by atoms with Gasteiger partial charge < -0.3 is 4.90 Å². The molecule has 0 aliphatic carbocycles. The molecule has 0 spiro atoms. The first kappa shape index (κ1) is 27.6. The van der Waals surface area contributed by atoms with Crippen LogP contribution in [0.15, 0.2) is 41.3 Å². The average Bonchev–Trinajstić information content (AvgIpc) is 3.18. The summed E-state index contributed by atoms with van der Waals surface area (Å²) in [6, 6.07) is 10.8. The van der Waals surface area contributed by atoms with E-state index < -0.39 is 0 Å². The van der Waals surface area contributed by atoms with E-state index in [0.29, 0.717) is 13.0 Å². The molecule has 0 unspecified atom stereocenters. The van der Waals surface area contributed by atoms with E-state index in [-0.39, 0.29) is 24.1 Å². The number of rotatable bonds is 11. The van der Waals surface area contributed by atoms with Crippen molar-refractivity contribution in [2.75, 3.05) is 36.8 Å². The molecule has 180 valence electrons. The molecule has 0 fully saturated rings. The Morgan fingerprint density at radius 3 is 2.39 bits per heavy atom. The minimum atomic E-state index is -0.227. The Balaban J connectivity index is 0.00000385. The summed E-state index contributed by atoms with van der Waals surface area (Å²) in [5, 5.41) is 0.786. The smallest absolute Gasteiger partial charge is 0.228 e. The van der Waals surface area contributed by atoms with Crippen molar-refractivity contribution >= 4 is 56.8 Å². The van der Waals surface area contributed by atoms with Crippen LogP contribution >= 0.6 is 35.5 Å². The monoisotopic (exact) mass is 509 g/mol. The van der Waals surface area contributed by atoms with Gasteiger partial charge in [-0.1, -0.05) is 25.2 Å². The Hall–Kier alpha value is -1.67. The Kier molecular flexibility index (Phi) is 11.1. The van der Waals surface area contributed by atoms with Gasteiger partial charge in [-0.2, -0.15) is 0 Å². The minimum Gasteiger partial charge on any atom is -0.302 e. The molecule has 0 atom stereocenters. The molecule has 33 heavy (non-hydrogen) atoms. The number of aromatic nitrogens is 1. The molecular weight excluding hydrogens is 477 g/mol. The molecule has 0 saturated heterocycles. The maximum Gasteiger partial charge on any atom is 0.228 e. The topological polar surface area (TPSA) is 36.4 Å². The highest BCUT2D eigenvalue weighted by Crippen LogP contribution is 2.31. The van der Waals surface area contributed by atoms with E-state index >= 15 is 0 Å². The van der Waals surface area contributed by atoms with Gasteiger partial charge in [-0.15, -0.1) is 24.2 Å². The first-order valence-corrected chi connectivity index (χ1v) is 13.0. The van der Waals surface area contributed by atoms with Crippen LogP contribution in [0.5, 0.6) is 0 Å². The van der Waals surface area contributed by atoms with Crippen molar-refractivity contribution in [2.24, 2.45) is 0 Å². The van der Waals surface area contributed by atoms with E-state index in [1.165, 1.54) is 23.3 Å². The number of fused-ring (bicyclic) bond motifs is 1. The molecule has 4 nitrogen and oxygen atoms in total. The third kappa shape index (κ3) is 7.67. The van der Waals surface area contributed by atoms with Crippen molar-refractivity contribution in [1.82, 2.24) is 9.88 Å². The molecule has 0 aliphatic rings. The summed E-state index contributed by atoms with van der Waals surface area (Å²) in [6.45, 7) is 11.9. The summed E-state index contributed by atoms with van der Waals surface area (Å²) in [7, 11) is 0. The number of halogens is 2. The maximum absolute atomic E-state index is 13.2. The predicted octanol–water partition coefficient (Wildman–Crippen LogP) is 6.72. The van der Waals surface area contributed by atoms with Crippen LogP contribution < -0.4 is 4.90 Å². The van der Waals surface area contributed by atoms with Crippen LogP contribution in [0.25, 0.3) is 10.2 Å². The van der Waals surface area contributed by atoms with Gasteiger partial charge in [0.05, 0.1) is 10.2 Å². The number of likely N-dealkylation sites (N-methyl/N-ethyl adjacent to an activating group) is 1. The van der Waals surface area contributed by atoms with E-state index in [1.54, 1.807) is 35.2 Å². The lowest BCUT2D eigenvalue weighted by Crippen LogP contribution is -2.38. The van der Waals surface area contributed by atoms with Gasteiger partial charge in [0, 0.05) is 24.4 Å². The van der Waals surface area contributed by atoms with E-state index in [1.807, 2.05) is 4.90 Å². The van der Waals surface area contributed by atoms with Crippen LogP contribution in [0.1, 0.15) is 37.8 Å². The number of anilines is 1. The van der Waals surface area contributed by atoms with E-state index in [2.05, 4.69) is 44.7 Å². The van der Waals surface area contributed by atoms with Gasteiger partial charge >= 0.3 is 0 Å². The van der Waals surface area contributed by atoms with Crippen molar-refractivity contribution in [1.29, 1.82) is 0 Å². The summed E-state index contributed by atoms with van der Waals surface area (Å²) in [4.78, 5) is 23.2. The SMILES string of the molecule is CCN(CC)CCN(C(=O)CCCSc1ccc(F)cc1)c1nc2cc(C)c(C)cc2s1.Cl. The van der Waals surface area contributed by atoms with Gasteiger partial charge in [0.25, 0.3) is 0 Å². The van der Waals surface area contributed by atoms with Gasteiger partial charge in [0.15, 0.2) is 5.13 Å². The Labute approximate surface area is 211 Å². The fourth-order valence-electron chi connectivity index (χ4n) is 3.47. The molecule has 8 heteroatoms. The highest BCUT2D eigenvalue weighted by molar-refractivity contribution is 7.99. The molecule has 0 saturated carbocycles. The highest BCUT2D eigenvalue weighted by atomic mass is 35.5. The van der Waals surface area contributed by atoms with Crippen LogP contribution in [0.3, 0.4) is 0 Å². The molecule has 0 aliphatic heterocycles. The quantitative estimate of drug-likeness (QED) is 0.212. The van der Waals surface area contributed by atoms with Crippen molar-refractivity contribution in [3.63, 3.8) is 0 Å². The minimum absolute atomic E-state index is 0. The van der Waals surface area contributed by atoms with Gasteiger partial charge in [0.1, 0.15) is 5.82 Å². The third-order valence-corrected chi connectivity index (χ3v) is 7.82. The lowest BCUT2D eigenvalue weighted by molar-refractivity contribution is -0.118. The second kappa shape index (κ2) is 13.3. The fourth-order valence-corrected chi connectivity index (χ4v) is 5.41. The Morgan fingerprint density at radius 2 is 1.73 bits per heavy atom. The third-order valence-electron chi connectivity index (χ3n) is 5.68. The Morgan fingerprint density at radius 1 is 1.06 bits per heavy atom. The molecule has 0 radical (unpaired) electrons. The summed E-state index contributed by atoms with van der Waals surface area (Å²) in [6.07, 6.45) is 1.24. The van der Waals surface area contributed by atoms with Crippen LogP contribution in [0.4, 0.5) is 9.52 Å². The largest absolute Gasteiger partial charge is 0.302 e. The Bertz CT molecular complexity index is 999. The van der Waals surface area contributed by atoms with Gasteiger partial charge in [-0.05, 0) is 86.6 Å². The average molecular weight is 510 g/mol. The van der Waals surface area contributed by atoms with Crippen LogP contribution in [-0.2, 0) is 4.79 Å². The van der Waals surface area contributed by atoms with Crippen LogP contribution in [0, 0.1) is 19.7 Å². The van der Waals surface area contributed by atoms with E-state index in [4.69, 9.17) is 4.98 Å². The zero-order chi connectivity index (χ0) is 23.1. The maximum atomic E-state index is 13.2. The highest BCUT2D eigenvalue weighted by Gasteiger charge is 2.20. The first-order valence-electron chi connectivity index (χ1n) is 11.2. The number of thiazole rings is 1. The second-order valence-corrected chi connectivity index (χ2v) is 10.1. The lowest BCUT2D eigenvalue weighted by Gasteiger charge is -2.24. The van der Waals surface area contributed by atoms with Gasteiger partial charge in [-0.25, -0.2) is 9.37 Å². The number of aryl methyl sites for hydroxylation is 2. The molecule has 3 aromatic rings. The van der Waals surface area contributed by atoms with Crippen LogP contribution in [-0.4, -0.2) is 47.7 Å². The van der Waals surface area contributed by atoms with Crippen molar-refractivity contribution < 1.29 is 9.18 Å². The lowest BCUT2D eigenvalue weighted by atomic mass is 10.1. The van der Waals surface area contributed by atoms with Crippen LogP contribution in [0.2, 0.25) is 0 Å². The van der Waals surface area contributed by atoms with E-state index in [9.17, 15) is 9.18 Å². The molecule has 0 bridgehead atoms. The number of benzene rings is 2. The zero-order valence-corrected chi connectivity index (χ0v) is 22.2. The summed E-state index contributed by atoms with van der Waals surface area (Å²) < 4.78 is 14.2. The summed E-state index contributed by atoms with van der Waals surface area (Å²) >= 11 is 3.25. The molecule has 2 aromatic carbocycles. The van der Waals surface area contributed by atoms with Gasteiger partial charge in [0.2, 0.25) is 5.91 Å². The molecule has 3 rings (SSSR count). The number of carbonyl (C=O) groups excluding carboxylic acids is 1. The zero-order valence-electron chi connectivity index (χ0n) is 19.8.